The lowest BCUT2D eigenvalue weighted by molar-refractivity contribution is -0.144. The molecule has 5 heteroatoms. The first-order valence-corrected chi connectivity index (χ1v) is 6.96. The first-order chi connectivity index (χ1) is 9.63. The van der Waals surface area contributed by atoms with E-state index in [1.807, 2.05) is 24.3 Å². The zero-order valence-electron chi connectivity index (χ0n) is 11.2. The van der Waals surface area contributed by atoms with Gasteiger partial charge in [0.2, 0.25) is 5.91 Å². The van der Waals surface area contributed by atoms with Crippen LogP contribution >= 0.6 is 0 Å². The van der Waals surface area contributed by atoms with Crippen LogP contribution in [-0.4, -0.2) is 40.5 Å². The summed E-state index contributed by atoms with van der Waals surface area (Å²) in [5, 5.41) is 12.3. The highest BCUT2D eigenvalue weighted by molar-refractivity contribution is 5.80. The zero-order chi connectivity index (χ0) is 14.1. The number of benzene rings is 1. The summed E-state index contributed by atoms with van der Waals surface area (Å²) in [5.41, 5.74) is 2.18. The average molecular weight is 274 g/mol. The lowest BCUT2D eigenvalue weighted by Crippen LogP contribution is -2.49. The van der Waals surface area contributed by atoms with Gasteiger partial charge in [0.05, 0.1) is 6.54 Å². The Labute approximate surface area is 117 Å². The molecule has 0 spiro atoms. The Kier molecular flexibility index (Phi) is 3.44. The molecule has 106 valence electrons. The Hall–Kier alpha value is -1.88. The summed E-state index contributed by atoms with van der Waals surface area (Å²) in [6.07, 6.45) is 2.54. The molecule has 0 saturated heterocycles. The number of carboxylic acids is 1. The second-order valence-electron chi connectivity index (χ2n) is 5.57. The fraction of sp³-hybridized carbons (Fsp3) is 0.467. The van der Waals surface area contributed by atoms with Crippen molar-refractivity contribution in [1.29, 1.82) is 0 Å². The molecule has 1 aliphatic carbocycles. The number of nitrogens with one attached hydrogen (secondary N) is 1. The Morgan fingerprint density at radius 2 is 1.95 bits per heavy atom. The minimum absolute atomic E-state index is 0.0712. The SMILES string of the molecule is O=C(CN1Cc2ccccc2CC1C(=O)O)NC1CC1. The summed E-state index contributed by atoms with van der Waals surface area (Å²) >= 11 is 0. The molecule has 20 heavy (non-hydrogen) atoms. The van der Waals surface area contributed by atoms with Gasteiger partial charge in [-0.25, -0.2) is 0 Å². The Balaban J connectivity index is 1.73. The van der Waals surface area contributed by atoms with E-state index in [0.717, 1.165) is 24.0 Å². The van der Waals surface area contributed by atoms with Gasteiger partial charge in [-0.2, -0.15) is 0 Å². The third kappa shape index (κ3) is 2.82. The highest BCUT2D eigenvalue weighted by atomic mass is 16.4. The molecule has 1 unspecified atom stereocenters. The first-order valence-electron chi connectivity index (χ1n) is 6.96. The molecular weight excluding hydrogens is 256 g/mol. The topological polar surface area (TPSA) is 69.6 Å². The predicted molar refractivity (Wildman–Crippen MR) is 73.1 cm³/mol. The minimum Gasteiger partial charge on any atom is -0.480 e. The molecule has 1 aliphatic heterocycles. The highest BCUT2D eigenvalue weighted by Crippen LogP contribution is 2.23. The monoisotopic (exact) mass is 274 g/mol. The van der Waals surface area contributed by atoms with Crippen LogP contribution in [0.1, 0.15) is 24.0 Å². The number of hydrogen-bond acceptors (Lipinski definition) is 3. The van der Waals surface area contributed by atoms with Crippen molar-refractivity contribution < 1.29 is 14.7 Å². The maximum absolute atomic E-state index is 11.9. The van der Waals surface area contributed by atoms with Crippen molar-refractivity contribution in [2.24, 2.45) is 0 Å². The quantitative estimate of drug-likeness (QED) is 0.851. The van der Waals surface area contributed by atoms with E-state index < -0.39 is 12.0 Å². The maximum atomic E-state index is 11.9. The fourth-order valence-corrected chi connectivity index (χ4v) is 2.67. The standard InChI is InChI=1S/C15H18N2O3/c18-14(16-12-5-6-12)9-17-8-11-4-2-1-3-10(11)7-13(17)15(19)20/h1-4,12-13H,5-9H2,(H,16,18)(H,19,20). The number of fused-ring (bicyclic) bond motifs is 1. The van der Waals surface area contributed by atoms with Gasteiger partial charge < -0.3 is 10.4 Å². The number of carbonyl (C=O) groups excluding carboxylic acids is 1. The Morgan fingerprint density at radius 1 is 1.25 bits per heavy atom. The van der Waals surface area contributed by atoms with Crippen LogP contribution in [-0.2, 0) is 22.6 Å². The van der Waals surface area contributed by atoms with E-state index in [1.165, 1.54) is 0 Å². The van der Waals surface area contributed by atoms with Crippen molar-refractivity contribution in [2.45, 2.75) is 37.9 Å². The molecule has 0 aromatic heterocycles. The molecule has 5 nitrogen and oxygen atoms in total. The van der Waals surface area contributed by atoms with Crippen molar-refractivity contribution in [3.05, 3.63) is 35.4 Å². The van der Waals surface area contributed by atoms with E-state index in [-0.39, 0.29) is 12.5 Å². The first kappa shape index (κ1) is 13.1. The molecule has 2 N–H and O–H groups in total. The second kappa shape index (κ2) is 5.25. The molecule has 1 heterocycles. The minimum atomic E-state index is -0.862. The van der Waals surface area contributed by atoms with E-state index in [0.29, 0.717) is 19.0 Å². The van der Waals surface area contributed by atoms with Gasteiger partial charge >= 0.3 is 5.97 Å². The summed E-state index contributed by atoms with van der Waals surface area (Å²) in [4.78, 5) is 25.1. The van der Waals surface area contributed by atoms with Gasteiger partial charge in [0.15, 0.2) is 0 Å². The molecule has 3 rings (SSSR count). The number of hydrogen-bond donors (Lipinski definition) is 2. The van der Waals surface area contributed by atoms with Gasteiger partial charge in [0, 0.05) is 12.6 Å². The normalized spacial score (nSPS) is 22.1. The third-order valence-electron chi connectivity index (χ3n) is 3.92. The van der Waals surface area contributed by atoms with Gasteiger partial charge in [0.1, 0.15) is 6.04 Å². The molecule has 0 radical (unpaired) electrons. The van der Waals surface area contributed by atoms with Crippen LogP contribution in [0.2, 0.25) is 0 Å². The van der Waals surface area contributed by atoms with Crippen LogP contribution < -0.4 is 5.32 Å². The summed E-state index contributed by atoms with van der Waals surface area (Å²) in [7, 11) is 0. The van der Waals surface area contributed by atoms with E-state index >= 15 is 0 Å². The van der Waals surface area contributed by atoms with E-state index in [4.69, 9.17) is 0 Å². The lowest BCUT2D eigenvalue weighted by atomic mass is 9.94. The summed E-state index contributed by atoms with van der Waals surface area (Å²) in [6, 6.07) is 7.53. The molecule has 0 bridgehead atoms. The number of amides is 1. The van der Waals surface area contributed by atoms with Gasteiger partial charge in [-0.1, -0.05) is 24.3 Å². The van der Waals surface area contributed by atoms with E-state index in [9.17, 15) is 14.7 Å². The van der Waals surface area contributed by atoms with Crippen molar-refractivity contribution >= 4 is 11.9 Å². The van der Waals surface area contributed by atoms with Gasteiger partial charge in [-0.15, -0.1) is 0 Å². The van der Waals surface area contributed by atoms with Gasteiger partial charge in [-0.3, -0.25) is 14.5 Å². The smallest absolute Gasteiger partial charge is 0.321 e. The van der Waals surface area contributed by atoms with Crippen LogP contribution in [0.4, 0.5) is 0 Å². The number of carboxylic acid groups (broad SMARTS) is 1. The molecule has 1 amide bonds. The molecule has 1 aromatic carbocycles. The summed E-state index contributed by atoms with van der Waals surface area (Å²) in [6.45, 7) is 0.674. The zero-order valence-corrected chi connectivity index (χ0v) is 11.2. The largest absolute Gasteiger partial charge is 0.480 e. The summed E-state index contributed by atoms with van der Waals surface area (Å²) in [5.74, 6) is -0.933. The van der Waals surface area contributed by atoms with Crippen molar-refractivity contribution in [1.82, 2.24) is 10.2 Å². The molecular formula is C15H18N2O3. The van der Waals surface area contributed by atoms with E-state index in [1.54, 1.807) is 4.90 Å². The second-order valence-corrected chi connectivity index (χ2v) is 5.57. The molecule has 1 saturated carbocycles. The maximum Gasteiger partial charge on any atom is 0.321 e. The molecule has 1 atom stereocenters. The van der Waals surface area contributed by atoms with Crippen molar-refractivity contribution in [3.63, 3.8) is 0 Å². The lowest BCUT2D eigenvalue weighted by Gasteiger charge is -2.33. The number of carbonyl (C=O) groups is 2. The number of rotatable bonds is 4. The number of nitrogens with zero attached hydrogens (tertiary/aromatic N) is 1. The van der Waals surface area contributed by atoms with Crippen LogP contribution in [0.3, 0.4) is 0 Å². The Morgan fingerprint density at radius 3 is 2.60 bits per heavy atom. The van der Waals surface area contributed by atoms with Crippen LogP contribution in [0.25, 0.3) is 0 Å². The van der Waals surface area contributed by atoms with Gasteiger partial charge in [0.25, 0.3) is 0 Å². The average Bonchev–Trinajstić information content (AvgIpc) is 3.21. The molecule has 2 aliphatic rings. The number of aliphatic carboxylic acids is 1. The van der Waals surface area contributed by atoms with Gasteiger partial charge in [-0.05, 0) is 30.4 Å². The van der Waals surface area contributed by atoms with Crippen molar-refractivity contribution in [2.75, 3.05) is 6.54 Å². The van der Waals surface area contributed by atoms with E-state index in [2.05, 4.69) is 5.32 Å². The Bertz CT molecular complexity index is 540. The highest BCUT2D eigenvalue weighted by Gasteiger charge is 2.33. The molecule has 1 aromatic rings. The summed E-state index contributed by atoms with van der Waals surface area (Å²) < 4.78 is 0. The molecule has 1 fully saturated rings. The van der Waals surface area contributed by atoms with Crippen LogP contribution in [0, 0.1) is 0 Å². The predicted octanol–water partition coefficient (Wildman–Crippen LogP) is 0.776. The fourth-order valence-electron chi connectivity index (χ4n) is 2.67. The van der Waals surface area contributed by atoms with Crippen molar-refractivity contribution in [3.8, 4) is 0 Å². The van der Waals surface area contributed by atoms with Crippen LogP contribution in [0.15, 0.2) is 24.3 Å². The third-order valence-corrected chi connectivity index (χ3v) is 3.92. The van der Waals surface area contributed by atoms with Crippen LogP contribution in [0.5, 0.6) is 0 Å².